The Morgan fingerprint density at radius 1 is 1.03 bits per heavy atom. The molecule has 4 aromatic rings. The molecule has 1 atom stereocenters. The molecule has 0 aliphatic rings. The largest absolute Gasteiger partial charge is 0.573 e. The van der Waals surface area contributed by atoms with Gasteiger partial charge in [0.1, 0.15) is 11.6 Å². The zero-order valence-electron chi connectivity index (χ0n) is 19.5. The zero-order valence-corrected chi connectivity index (χ0v) is 19.5. The van der Waals surface area contributed by atoms with Gasteiger partial charge in [-0.3, -0.25) is 9.59 Å². The summed E-state index contributed by atoms with van der Waals surface area (Å²) in [6.45, 7) is 2.53. The Morgan fingerprint density at radius 2 is 1.76 bits per heavy atom. The molecule has 2 N–H and O–H groups in total. The molecule has 14 heteroatoms. The lowest BCUT2D eigenvalue weighted by atomic mass is 10.0. The lowest BCUT2D eigenvalue weighted by Crippen LogP contribution is -2.28. The third-order valence-electron chi connectivity index (χ3n) is 5.21. The lowest BCUT2D eigenvalue weighted by Gasteiger charge is -2.17. The third-order valence-corrected chi connectivity index (χ3v) is 5.21. The van der Waals surface area contributed by atoms with Crippen molar-refractivity contribution in [2.24, 2.45) is 0 Å². The second-order valence-corrected chi connectivity index (χ2v) is 8.07. The molecule has 0 aliphatic carbocycles. The van der Waals surface area contributed by atoms with Crippen molar-refractivity contribution < 1.29 is 40.7 Å². The monoisotopic (exact) mass is 537 g/mol. The van der Waals surface area contributed by atoms with E-state index in [1.165, 1.54) is 36.7 Å². The van der Waals surface area contributed by atoms with Gasteiger partial charge in [-0.2, -0.15) is 5.10 Å². The summed E-state index contributed by atoms with van der Waals surface area (Å²) >= 11 is 0. The first-order valence-corrected chi connectivity index (χ1v) is 10.8. The van der Waals surface area contributed by atoms with Crippen LogP contribution in [0.5, 0.6) is 5.75 Å². The Bertz CT molecular complexity index is 1550. The quantitative estimate of drug-likeness (QED) is 0.331. The Morgan fingerprint density at radius 3 is 2.45 bits per heavy atom. The van der Waals surface area contributed by atoms with Gasteiger partial charge in [-0.15, -0.1) is 13.2 Å². The molecule has 8 nitrogen and oxygen atoms in total. The van der Waals surface area contributed by atoms with Crippen LogP contribution in [-0.2, 0) is 4.79 Å². The molecule has 2 amide bonds. The van der Waals surface area contributed by atoms with Crippen LogP contribution < -0.4 is 15.4 Å². The molecule has 0 radical (unpaired) electrons. The topological polar surface area (TPSA) is 97.6 Å². The summed E-state index contributed by atoms with van der Waals surface area (Å²) in [5, 5.41) is 8.95. The van der Waals surface area contributed by atoms with E-state index < -0.39 is 47.1 Å². The number of carbonyl (C=O) groups is 2. The average molecular weight is 537 g/mol. The number of carbonyl (C=O) groups excluding carboxylic acids is 2. The van der Waals surface area contributed by atoms with E-state index in [4.69, 9.17) is 0 Å². The van der Waals surface area contributed by atoms with Crippen LogP contribution in [0.15, 0.2) is 48.7 Å². The lowest BCUT2D eigenvalue weighted by molar-refractivity contribution is -0.274. The fraction of sp³-hybridized carbons (Fsp3) is 0.167. The highest BCUT2D eigenvalue weighted by Gasteiger charge is 2.31. The molecule has 198 valence electrons. The van der Waals surface area contributed by atoms with Gasteiger partial charge in [0, 0.05) is 18.1 Å². The van der Waals surface area contributed by atoms with Gasteiger partial charge in [0.2, 0.25) is 5.91 Å². The second kappa shape index (κ2) is 10.0. The maximum atomic E-state index is 14.6. The number of hydrogen-bond acceptors (Lipinski definition) is 5. The van der Waals surface area contributed by atoms with Crippen molar-refractivity contribution in [2.75, 3.05) is 5.32 Å². The van der Waals surface area contributed by atoms with E-state index in [1.54, 1.807) is 0 Å². The molecule has 4 rings (SSSR count). The summed E-state index contributed by atoms with van der Waals surface area (Å²) in [7, 11) is 0. The van der Waals surface area contributed by atoms with E-state index >= 15 is 0 Å². The summed E-state index contributed by atoms with van der Waals surface area (Å²) in [5.41, 5.74) is -0.662. The Labute approximate surface area is 210 Å². The summed E-state index contributed by atoms with van der Waals surface area (Å²) < 4.78 is 85.9. The van der Waals surface area contributed by atoms with E-state index in [-0.39, 0.29) is 28.5 Å². The normalized spacial score (nSPS) is 12.3. The number of hydrogen-bond donors (Lipinski definition) is 2. The minimum absolute atomic E-state index is 0.00475. The predicted octanol–water partition coefficient (Wildman–Crippen LogP) is 5.16. The van der Waals surface area contributed by atoms with Gasteiger partial charge in [-0.05, 0) is 49.4 Å². The van der Waals surface area contributed by atoms with Crippen molar-refractivity contribution in [3.8, 4) is 17.0 Å². The van der Waals surface area contributed by atoms with Crippen molar-refractivity contribution in [2.45, 2.75) is 26.3 Å². The molecule has 0 fully saturated rings. The molecule has 1 unspecified atom stereocenters. The molecular weight excluding hydrogens is 520 g/mol. The number of ether oxygens (including phenoxy) is 1. The Kier molecular flexibility index (Phi) is 6.98. The number of halogens is 6. The summed E-state index contributed by atoms with van der Waals surface area (Å²) in [4.78, 5) is 28.2. The molecule has 0 saturated carbocycles. The highest BCUT2D eigenvalue weighted by atomic mass is 19.4. The summed E-state index contributed by atoms with van der Waals surface area (Å²) in [6.07, 6.45) is -3.64. The molecule has 0 bridgehead atoms. The molecule has 0 spiro atoms. The van der Waals surface area contributed by atoms with Crippen LogP contribution in [0.1, 0.15) is 35.8 Å². The van der Waals surface area contributed by atoms with Crippen LogP contribution in [-0.4, -0.2) is 32.8 Å². The minimum atomic E-state index is -5.03. The van der Waals surface area contributed by atoms with Crippen molar-refractivity contribution in [3.63, 3.8) is 0 Å². The number of benzene rings is 2. The van der Waals surface area contributed by atoms with Gasteiger partial charge >= 0.3 is 6.36 Å². The maximum absolute atomic E-state index is 14.6. The predicted molar refractivity (Wildman–Crippen MR) is 122 cm³/mol. The number of nitrogens with zero attached hydrogens (tertiary/aromatic N) is 3. The first-order chi connectivity index (χ1) is 17.8. The minimum Gasteiger partial charge on any atom is -0.406 e. The highest BCUT2D eigenvalue weighted by molar-refractivity contribution is 5.96. The summed E-state index contributed by atoms with van der Waals surface area (Å²) in [6, 6.07) is 5.71. The molecular formula is C24H17F6N5O3. The number of anilines is 1. The smallest absolute Gasteiger partial charge is 0.406 e. The number of nitrogens with one attached hydrogen (secondary N) is 2. The van der Waals surface area contributed by atoms with Crippen molar-refractivity contribution >= 4 is 23.3 Å². The van der Waals surface area contributed by atoms with Crippen LogP contribution in [0, 0.1) is 17.5 Å². The van der Waals surface area contributed by atoms with Crippen molar-refractivity contribution in [1.82, 2.24) is 19.9 Å². The van der Waals surface area contributed by atoms with Crippen molar-refractivity contribution in [3.05, 3.63) is 77.2 Å². The Balaban J connectivity index is 1.62. The van der Waals surface area contributed by atoms with Gasteiger partial charge < -0.3 is 15.4 Å². The van der Waals surface area contributed by atoms with Gasteiger partial charge in [0.05, 0.1) is 23.5 Å². The second-order valence-electron chi connectivity index (χ2n) is 8.07. The van der Waals surface area contributed by atoms with Gasteiger partial charge in [-0.1, -0.05) is 0 Å². The average Bonchev–Trinajstić information content (AvgIpc) is 3.21. The number of aromatic nitrogens is 3. The molecule has 0 saturated heterocycles. The van der Waals surface area contributed by atoms with E-state index in [1.807, 2.05) is 0 Å². The fourth-order valence-electron chi connectivity index (χ4n) is 3.58. The number of fused-ring (bicyclic) bond motifs is 1. The Hall–Kier alpha value is -4.62. The standard InChI is InChI=1S/C24H17F6N5O3/c1-11(15-9-14(3-4-17(15)25)38-24(28,29)30)31-23(37)16-7-13(8-18(26)22(16)27)19-5-6-21-33-20(32-12(2)36)10-35(21)34-19/h3-11H,1-2H3,(H,31,37)(H,32,36). The number of imidazole rings is 1. The van der Waals surface area contributed by atoms with Gasteiger partial charge in [0.15, 0.2) is 23.1 Å². The van der Waals surface area contributed by atoms with Gasteiger partial charge in [0.25, 0.3) is 5.91 Å². The van der Waals surface area contributed by atoms with Crippen molar-refractivity contribution in [1.29, 1.82) is 0 Å². The van der Waals surface area contributed by atoms with Crippen LogP contribution >= 0.6 is 0 Å². The van der Waals surface area contributed by atoms with Crippen LogP contribution in [0.3, 0.4) is 0 Å². The zero-order chi connectivity index (χ0) is 27.8. The third kappa shape index (κ3) is 5.85. The van der Waals surface area contributed by atoms with E-state index in [9.17, 15) is 35.9 Å². The van der Waals surface area contributed by atoms with Gasteiger partial charge in [-0.25, -0.2) is 22.7 Å². The number of amides is 2. The first-order valence-electron chi connectivity index (χ1n) is 10.8. The highest BCUT2D eigenvalue weighted by Crippen LogP contribution is 2.29. The van der Waals surface area contributed by atoms with Crippen LogP contribution in [0.4, 0.5) is 32.2 Å². The molecule has 2 heterocycles. The maximum Gasteiger partial charge on any atom is 0.573 e. The number of rotatable bonds is 6. The fourth-order valence-corrected chi connectivity index (χ4v) is 3.58. The molecule has 38 heavy (non-hydrogen) atoms. The SMILES string of the molecule is CC(=O)Nc1cn2nc(-c3cc(F)c(F)c(C(=O)NC(C)c4cc(OC(F)(F)F)ccc4F)c3)ccc2n1. The molecule has 0 aliphatic heterocycles. The van der Waals surface area contributed by atoms with E-state index in [0.29, 0.717) is 5.65 Å². The number of alkyl halides is 3. The molecule has 2 aromatic carbocycles. The molecule has 2 aromatic heterocycles. The van der Waals surface area contributed by atoms with Crippen LogP contribution in [0.25, 0.3) is 16.9 Å². The summed E-state index contributed by atoms with van der Waals surface area (Å²) in [5.74, 6) is -5.87. The first kappa shape index (κ1) is 26.4. The van der Waals surface area contributed by atoms with Crippen LogP contribution in [0.2, 0.25) is 0 Å². The van der Waals surface area contributed by atoms with E-state index in [0.717, 1.165) is 30.3 Å². The van der Waals surface area contributed by atoms with E-state index in [2.05, 4.69) is 25.5 Å².